The fourth-order valence-corrected chi connectivity index (χ4v) is 5.26. The number of ether oxygens (including phenoxy) is 1. The first kappa shape index (κ1) is 23.1. The molecule has 2 rings (SSSR count). The number of hydrogen-bond acceptors (Lipinski definition) is 6. The first-order valence-electron chi connectivity index (χ1n) is 9.19. The Bertz CT molecular complexity index is 911. The maximum atomic E-state index is 13.2. The lowest BCUT2D eigenvalue weighted by molar-refractivity contribution is -0.0440. The Morgan fingerprint density at radius 3 is 2.28 bits per heavy atom. The van der Waals surface area contributed by atoms with Gasteiger partial charge in [0, 0.05) is 31.7 Å². The van der Waals surface area contributed by atoms with Gasteiger partial charge in [0.1, 0.15) is 4.90 Å². The van der Waals surface area contributed by atoms with Gasteiger partial charge in [0.25, 0.3) is 5.91 Å². The van der Waals surface area contributed by atoms with E-state index in [2.05, 4.69) is 0 Å². The molecule has 0 aromatic heterocycles. The highest BCUT2D eigenvalue weighted by Gasteiger charge is 2.34. The standard InChI is InChI=1S/C19H23ClN4O4S/c1-14-12-24(13-15(2)28-14)29(26,27)18-11-16(5-6-17(18)20)19(25)23(9-3-7-21)10-4-8-22/h5-6,11,14-15H,3-4,9-10,12-13H2,1-2H3. The number of carbonyl (C=O) groups is 1. The SMILES string of the molecule is CC1CN(S(=O)(=O)c2cc(C(=O)N(CCC#N)CCC#N)ccc2Cl)CC(C)O1. The predicted molar refractivity (Wildman–Crippen MR) is 107 cm³/mol. The monoisotopic (exact) mass is 438 g/mol. The molecule has 1 fully saturated rings. The van der Waals surface area contributed by atoms with Gasteiger partial charge < -0.3 is 9.64 Å². The van der Waals surface area contributed by atoms with E-state index in [9.17, 15) is 13.2 Å². The van der Waals surface area contributed by atoms with Crippen LogP contribution in [0.4, 0.5) is 0 Å². The summed E-state index contributed by atoms with van der Waals surface area (Å²) < 4.78 is 33.2. The second-order valence-corrected chi connectivity index (χ2v) is 9.15. The third kappa shape index (κ3) is 5.68. The van der Waals surface area contributed by atoms with Gasteiger partial charge in [-0.3, -0.25) is 4.79 Å². The molecule has 156 valence electrons. The van der Waals surface area contributed by atoms with E-state index in [0.29, 0.717) is 0 Å². The maximum Gasteiger partial charge on any atom is 0.253 e. The second-order valence-electron chi connectivity index (χ2n) is 6.83. The van der Waals surface area contributed by atoms with E-state index in [4.69, 9.17) is 26.9 Å². The minimum absolute atomic E-state index is 0.0222. The first-order valence-corrected chi connectivity index (χ1v) is 11.0. The quantitative estimate of drug-likeness (QED) is 0.645. The maximum absolute atomic E-state index is 13.2. The summed E-state index contributed by atoms with van der Waals surface area (Å²) in [7, 11) is -3.93. The molecule has 0 saturated carbocycles. The lowest BCUT2D eigenvalue weighted by Crippen LogP contribution is -2.48. The van der Waals surface area contributed by atoms with Crippen molar-refractivity contribution in [1.82, 2.24) is 9.21 Å². The predicted octanol–water partition coefficient (Wildman–Crippen LogP) is 2.41. The van der Waals surface area contributed by atoms with Gasteiger partial charge in [-0.25, -0.2) is 8.42 Å². The van der Waals surface area contributed by atoms with Crippen molar-refractivity contribution < 1.29 is 17.9 Å². The highest BCUT2D eigenvalue weighted by molar-refractivity contribution is 7.89. The van der Waals surface area contributed by atoms with Crippen LogP contribution in [0.25, 0.3) is 0 Å². The van der Waals surface area contributed by atoms with Crippen LogP contribution in [0.5, 0.6) is 0 Å². The molecular weight excluding hydrogens is 416 g/mol. The molecule has 1 aliphatic rings. The Balaban J connectivity index is 2.36. The van der Waals surface area contributed by atoms with E-state index < -0.39 is 15.9 Å². The van der Waals surface area contributed by atoms with Crippen molar-refractivity contribution in [3.8, 4) is 12.1 Å². The molecule has 0 bridgehead atoms. The number of amides is 1. The largest absolute Gasteiger partial charge is 0.373 e. The number of nitrogens with zero attached hydrogens (tertiary/aromatic N) is 4. The number of sulfonamides is 1. The zero-order chi connectivity index (χ0) is 21.6. The molecule has 8 nitrogen and oxygen atoms in total. The fraction of sp³-hybridized carbons (Fsp3) is 0.526. The molecule has 2 unspecified atom stereocenters. The Morgan fingerprint density at radius 2 is 1.76 bits per heavy atom. The molecule has 0 radical (unpaired) electrons. The van der Waals surface area contributed by atoms with Crippen molar-refractivity contribution in [2.45, 2.75) is 43.8 Å². The Hall–Kier alpha value is -2.17. The highest BCUT2D eigenvalue weighted by atomic mass is 35.5. The Labute approximate surface area is 176 Å². The third-order valence-electron chi connectivity index (χ3n) is 4.46. The van der Waals surface area contributed by atoms with E-state index >= 15 is 0 Å². The second kappa shape index (κ2) is 10.0. The molecule has 1 aliphatic heterocycles. The average molecular weight is 439 g/mol. The molecule has 1 saturated heterocycles. The van der Waals surface area contributed by atoms with Gasteiger partial charge in [-0.15, -0.1) is 0 Å². The van der Waals surface area contributed by atoms with Crippen LogP contribution in [0.2, 0.25) is 5.02 Å². The van der Waals surface area contributed by atoms with Gasteiger partial charge in [0.05, 0.1) is 42.2 Å². The van der Waals surface area contributed by atoms with E-state index in [1.807, 2.05) is 12.1 Å². The van der Waals surface area contributed by atoms with Gasteiger partial charge in [-0.1, -0.05) is 11.6 Å². The summed E-state index contributed by atoms with van der Waals surface area (Å²) in [5.41, 5.74) is 0.137. The van der Waals surface area contributed by atoms with Crippen LogP contribution >= 0.6 is 11.6 Å². The topological polar surface area (TPSA) is 115 Å². The van der Waals surface area contributed by atoms with E-state index in [1.165, 1.54) is 27.4 Å². The number of morpholine rings is 1. The summed E-state index contributed by atoms with van der Waals surface area (Å²) in [5, 5.41) is 17.6. The Morgan fingerprint density at radius 1 is 1.21 bits per heavy atom. The molecule has 1 aromatic carbocycles. The van der Waals surface area contributed by atoms with Crippen LogP contribution in [-0.2, 0) is 14.8 Å². The molecular formula is C19H23ClN4O4S. The summed E-state index contributed by atoms with van der Waals surface area (Å²) in [6, 6.07) is 8.01. The molecule has 0 spiro atoms. The minimum Gasteiger partial charge on any atom is -0.373 e. The summed E-state index contributed by atoms with van der Waals surface area (Å²) >= 11 is 6.18. The van der Waals surface area contributed by atoms with Crippen molar-refractivity contribution in [2.24, 2.45) is 0 Å². The zero-order valence-electron chi connectivity index (χ0n) is 16.3. The number of benzene rings is 1. The van der Waals surface area contributed by atoms with Gasteiger partial charge in [0.2, 0.25) is 10.0 Å². The normalized spacial score (nSPS) is 19.9. The molecule has 0 aliphatic carbocycles. The number of rotatable bonds is 7. The molecule has 1 heterocycles. The zero-order valence-corrected chi connectivity index (χ0v) is 17.9. The summed E-state index contributed by atoms with van der Waals surface area (Å²) in [4.78, 5) is 14.1. The molecule has 29 heavy (non-hydrogen) atoms. The van der Waals surface area contributed by atoms with Crippen molar-refractivity contribution in [3.05, 3.63) is 28.8 Å². The lowest BCUT2D eigenvalue weighted by Gasteiger charge is -2.34. The molecule has 1 amide bonds. The number of hydrogen-bond donors (Lipinski definition) is 0. The summed E-state index contributed by atoms with van der Waals surface area (Å²) in [6.07, 6.45) is -0.298. The molecule has 1 aromatic rings. The van der Waals surface area contributed by atoms with E-state index in [0.717, 1.165) is 0 Å². The van der Waals surface area contributed by atoms with E-state index in [1.54, 1.807) is 13.8 Å². The van der Waals surface area contributed by atoms with Crippen LogP contribution in [-0.4, -0.2) is 61.9 Å². The van der Waals surface area contributed by atoms with Gasteiger partial charge >= 0.3 is 0 Å². The van der Waals surface area contributed by atoms with Crippen LogP contribution in [0.3, 0.4) is 0 Å². The number of carbonyl (C=O) groups excluding carboxylic acids is 1. The minimum atomic E-state index is -3.93. The molecule has 10 heteroatoms. The number of halogens is 1. The van der Waals surface area contributed by atoms with Gasteiger partial charge in [-0.2, -0.15) is 14.8 Å². The van der Waals surface area contributed by atoms with Gasteiger partial charge in [0.15, 0.2) is 0 Å². The van der Waals surface area contributed by atoms with Gasteiger partial charge in [-0.05, 0) is 32.0 Å². The number of nitriles is 2. The average Bonchev–Trinajstić information content (AvgIpc) is 2.67. The van der Waals surface area contributed by atoms with Crippen molar-refractivity contribution in [2.75, 3.05) is 26.2 Å². The van der Waals surface area contributed by atoms with Crippen LogP contribution in [0.15, 0.2) is 23.1 Å². The van der Waals surface area contributed by atoms with Crippen LogP contribution in [0, 0.1) is 22.7 Å². The van der Waals surface area contributed by atoms with Crippen molar-refractivity contribution in [1.29, 1.82) is 10.5 Å². The lowest BCUT2D eigenvalue weighted by atomic mass is 10.2. The van der Waals surface area contributed by atoms with Crippen LogP contribution < -0.4 is 0 Å². The Kier molecular flexibility index (Phi) is 8.00. The summed E-state index contributed by atoms with van der Waals surface area (Å²) in [6.45, 7) is 4.28. The van der Waals surface area contributed by atoms with Crippen molar-refractivity contribution in [3.63, 3.8) is 0 Å². The fourth-order valence-electron chi connectivity index (χ4n) is 3.17. The van der Waals surface area contributed by atoms with E-state index in [-0.39, 0.29) is 66.7 Å². The third-order valence-corrected chi connectivity index (χ3v) is 6.77. The first-order chi connectivity index (χ1) is 13.7. The summed E-state index contributed by atoms with van der Waals surface area (Å²) in [5.74, 6) is -0.452. The van der Waals surface area contributed by atoms with Crippen LogP contribution in [0.1, 0.15) is 37.0 Å². The smallest absolute Gasteiger partial charge is 0.253 e. The molecule has 2 atom stereocenters. The highest BCUT2D eigenvalue weighted by Crippen LogP contribution is 2.28. The van der Waals surface area contributed by atoms with Crippen molar-refractivity contribution >= 4 is 27.5 Å². The molecule has 0 N–H and O–H groups in total.